The summed E-state index contributed by atoms with van der Waals surface area (Å²) in [4.78, 5) is 2.58. The Labute approximate surface area is 193 Å². The predicted octanol–water partition coefficient (Wildman–Crippen LogP) is 3.72. The van der Waals surface area contributed by atoms with Crippen LogP contribution in [0.3, 0.4) is 0 Å². The molecule has 3 aliphatic heterocycles. The molecular formula is C24H26N6OS. The van der Waals surface area contributed by atoms with Gasteiger partial charge >= 0.3 is 0 Å². The summed E-state index contributed by atoms with van der Waals surface area (Å²) in [5, 5.41) is 20.9. The molecule has 2 aromatic heterocycles. The van der Waals surface area contributed by atoms with E-state index in [9.17, 15) is 0 Å². The number of aryl methyl sites for hydroxylation is 1. The van der Waals surface area contributed by atoms with Crippen molar-refractivity contribution in [1.29, 1.82) is 5.26 Å². The number of rotatable bonds is 5. The van der Waals surface area contributed by atoms with Gasteiger partial charge in [-0.1, -0.05) is 6.07 Å². The zero-order valence-corrected chi connectivity index (χ0v) is 18.8. The van der Waals surface area contributed by atoms with Gasteiger partial charge in [-0.05, 0) is 73.9 Å². The quantitative estimate of drug-likeness (QED) is 0.578. The number of nitriles is 1. The van der Waals surface area contributed by atoms with E-state index in [0.29, 0.717) is 28.6 Å². The molecule has 7 nitrogen and oxygen atoms in total. The van der Waals surface area contributed by atoms with E-state index < -0.39 is 0 Å². The summed E-state index contributed by atoms with van der Waals surface area (Å²) in [5.74, 6) is 1.94. The van der Waals surface area contributed by atoms with Crippen molar-refractivity contribution in [1.82, 2.24) is 20.0 Å². The first-order valence-corrected chi connectivity index (χ1v) is 11.4. The number of fused-ring (bicyclic) bond motifs is 3. The van der Waals surface area contributed by atoms with Crippen LogP contribution in [0, 0.1) is 17.2 Å². The van der Waals surface area contributed by atoms with Crippen LogP contribution in [0.4, 0.5) is 5.69 Å². The Morgan fingerprint density at radius 1 is 1.31 bits per heavy atom. The number of furan rings is 1. The lowest BCUT2D eigenvalue weighted by molar-refractivity contribution is 0.0303. The van der Waals surface area contributed by atoms with Gasteiger partial charge in [-0.3, -0.25) is 9.58 Å². The van der Waals surface area contributed by atoms with Crippen LogP contribution in [0.1, 0.15) is 30.0 Å². The lowest BCUT2D eigenvalue weighted by Crippen LogP contribution is -2.56. The van der Waals surface area contributed by atoms with Crippen LogP contribution < -0.4 is 10.6 Å². The highest BCUT2D eigenvalue weighted by Crippen LogP contribution is 2.42. The molecule has 0 radical (unpaired) electrons. The third-order valence-electron chi connectivity index (χ3n) is 6.70. The second-order valence-electron chi connectivity index (χ2n) is 8.62. The first kappa shape index (κ1) is 20.7. The fraction of sp³-hybridized carbons (Fsp3) is 0.375. The maximum atomic E-state index is 9.06. The summed E-state index contributed by atoms with van der Waals surface area (Å²) in [5.41, 5.74) is 3.63. The SMILES string of the molecule is Cn1nc(-c2ccco2)cc1[C@@H]1CN2CC[C@H]1C[C@@H]2CNC(=S)Nc1cccc(C#N)c1. The van der Waals surface area contributed by atoms with E-state index in [4.69, 9.17) is 21.9 Å². The van der Waals surface area contributed by atoms with Gasteiger partial charge in [0.2, 0.25) is 0 Å². The summed E-state index contributed by atoms with van der Waals surface area (Å²) in [6.45, 7) is 2.98. The van der Waals surface area contributed by atoms with Crippen molar-refractivity contribution in [2.24, 2.45) is 13.0 Å². The molecule has 0 aliphatic carbocycles. The van der Waals surface area contributed by atoms with Gasteiger partial charge in [-0.15, -0.1) is 0 Å². The highest BCUT2D eigenvalue weighted by atomic mass is 32.1. The number of piperidine rings is 3. The highest BCUT2D eigenvalue weighted by Gasteiger charge is 2.41. The highest BCUT2D eigenvalue weighted by molar-refractivity contribution is 7.80. The summed E-state index contributed by atoms with van der Waals surface area (Å²) >= 11 is 5.48. The van der Waals surface area contributed by atoms with Crippen molar-refractivity contribution in [2.45, 2.75) is 24.8 Å². The van der Waals surface area contributed by atoms with E-state index in [-0.39, 0.29) is 0 Å². The van der Waals surface area contributed by atoms with Gasteiger partial charge in [0, 0.05) is 43.5 Å². The minimum absolute atomic E-state index is 0.466. The standard InChI is InChI=1S/C24H26N6OS/c1-29-22(12-21(28-29)23-6-3-9-31-23)20-15-30-8-7-17(20)11-19(30)14-26-24(32)27-18-5-2-4-16(10-18)13-25/h2-6,9-10,12,17,19-20H,7-8,11,14-15H2,1H3,(H2,26,27,32)/t17-,19+,20+/m0/s1. The molecule has 3 aliphatic rings. The maximum Gasteiger partial charge on any atom is 0.170 e. The number of nitrogens with one attached hydrogen (secondary N) is 2. The number of thiocarbonyl (C=S) groups is 1. The maximum absolute atomic E-state index is 9.06. The van der Waals surface area contributed by atoms with E-state index in [2.05, 4.69) is 32.8 Å². The van der Waals surface area contributed by atoms with Crippen LogP contribution in [0.15, 0.2) is 53.1 Å². The molecule has 1 unspecified atom stereocenters. The molecule has 2 N–H and O–H groups in total. The van der Waals surface area contributed by atoms with Crippen LogP contribution in [0.25, 0.3) is 11.5 Å². The zero-order chi connectivity index (χ0) is 22.1. The average Bonchev–Trinajstić information content (AvgIpc) is 3.48. The lowest BCUT2D eigenvalue weighted by atomic mass is 9.74. The van der Waals surface area contributed by atoms with Gasteiger partial charge in [0.1, 0.15) is 5.69 Å². The lowest BCUT2D eigenvalue weighted by Gasteiger charge is -2.50. The Hall–Kier alpha value is -3.15. The molecule has 3 saturated heterocycles. The number of hydrogen-bond donors (Lipinski definition) is 2. The van der Waals surface area contributed by atoms with Gasteiger partial charge in [0.25, 0.3) is 0 Å². The van der Waals surface area contributed by atoms with Gasteiger partial charge < -0.3 is 15.1 Å². The minimum atomic E-state index is 0.466. The van der Waals surface area contributed by atoms with Gasteiger partial charge in [-0.25, -0.2) is 0 Å². The fourth-order valence-electron chi connectivity index (χ4n) is 5.11. The molecule has 1 aromatic carbocycles. The van der Waals surface area contributed by atoms with Crippen molar-refractivity contribution in [3.8, 4) is 17.5 Å². The minimum Gasteiger partial charge on any atom is -0.463 e. The Bertz CT molecular complexity index is 1150. The Morgan fingerprint density at radius 3 is 2.97 bits per heavy atom. The van der Waals surface area contributed by atoms with Crippen LogP contribution in [-0.2, 0) is 7.05 Å². The topological polar surface area (TPSA) is 82.1 Å². The van der Waals surface area contributed by atoms with E-state index >= 15 is 0 Å². The summed E-state index contributed by atoms with van der Waals surface area (Å²) < 4.78 is 7.56. The Kier molecular flexibility index (Phi) is 5.68. The van der Waals surface area contributed by atoms with Crippen LogP contribution in [0.2, 0.25) is 0 Å². The Morgan fingerprint density at radius 2 is 2.22 bits per heavy atom. The van der Waals surface area contributed by atoms with Crippen molar-refractivity contribution in [2.75, 3.05) is 25.0 Å². The van der Waals surface area contributed by atoms with Crippen molar-refractivity contribution < 1.29 is 4.42 Å². The van der Waals surface area contributed by atoms with Crippen molar-refractivity contribution >= 4 is 23.0 Å². The van der Waals surface area contributed by atoms with E-state index in [1.54, 1.807) is 18.4 Å². The van der Waals surface area contributed by atoms with E-state index in [1.807, 2.05) is 36.0 Å². The van der Waals surface area contributed by atoms with E-state index in [1.165, 1.54) is 12.1 Å². The molecule has 32 heavy (non-hydrogen) atoms. The van der Waals surface area contributed by atoms with Gasteiger partial charge in [0.05, 0.1) is 17.9 Å². The predicted molar refractivity (Wildman–Crippen MR) is 127 cm³/mol. The normalized spacial score (nSPS) is 24.1. The smallest absolute Gasteiger partial charge is 0.170 e. The molecule has 3 fully saturated rings. The van der Waals surface area contributed by atoms with Gasteiger partial charge in [-0.2, -0.15) is 10.4 Å². The molecule has 4 atom stereocenters. The summed E-state index contributed by atoms with van der Waals surface area (Å²) in [6.07, 6.45) is 4.05. The molecular weight excluding hydrogens is 420 g/mol. The molecule has 3 aromatic rings. The largest absolute Gasteiger partial charge is 0.463 e. The number of benzene rings is 1. The molecule has 5 heterocycles. The van der Waals surface area contributed by atoms with Crippen LogP contribution >= 0.6 is 12.2 Å². The van der Waals surface area contributed by atoms with Crippen LogP contribution in [0.5, 0.6) is 0 Å². The fourth-order valence-corrected chi connectivity index (χ4v) is 5.31. The average molecular weight is 447 g/mol. The molecule has 0 amide bonds. The second kappa shape index (κ2) is 8.77. The van der Waals surface area contributed by atoms with E-state index in [0.717, 1.165) is 43.2 Å². The van der Waals surface area contributed by atoms with Gasteiger partial charge in [0.15, 0.2) is 10.9 Å². The number of nitrogens with zero attached hydrogens (tertiary/aromatic N) is 4. The number of hydrogen-bond acceptors (Lipinski definition) is 5. The summed E-state index contributed by atoms with van der Waals surface area (Å²) in [7, 11) is 2.03. The second-order valence-corrected chi connectivity index (χ2v) is 9.03. The monoisotopic (exact) mass is 446 g/mol. The number of anilines is 1. The molecule has 6 rings (SSSR count). The number of aromatic nitrogens is 2. The first-order valence-electron chi connectivity index (χ1n) is 11.0. The third kappa shape index (κ3) is 4.14. The van der Waals surface area contributed by atoms with Crippen molar-refractivity contribution in [3.63, 3.8) is 0 Å². The molecule has 164 valence electrons. The molecule has 0 spiro atoms. The zero-order valence-electron chi connectivity index (χ0n) is 18.0. The summed E-state index contributed by atoms with van der Waals surface area (Å²) in [6, 6.07) is 16.0. The Balaban J connectivity index is 1.19. The molecule has 2 bridgehead atoms. The van der Waals surface area contributed by atoms with Crippen LogP contribution in [-0.4, -0.2) is 45.5 Å². The van der Waals surface area contributed by atoms with Crippen molar-refractivity contribution in [3.05, 3.63) is 60.0 Å². The third-order valence-corrected chi connectivity index (χ3v) is 6.94. The first-order chi connectivity index (χ1) is 15.6. The molecule has 8 heteroatoms. The molecule has 0 saturated carbocycles.